The van der Waals surface area contributed by atoms with Gasteiger partial charge in [-0.15, -0.1) is 0 Å². The normalized spacial score (nSPS) is 13.8. The van der Waals surface area contributed by atoms with Crippen LogP contribution in [-0.2, 0) is 4.79 Å². The minimum absolute atomic E-state index is 0.318. The SMILES string of the molecule is C=CC(=O)Nc1ccnc(-c2c(Cl)ccc3cnc(Nc4ccc(N5CCN(C)CC5)nc4OC)nc23)c1. The highest BCUT2D eigenvalue weighted by molar-refractivity contribution is 6.34. The molecule has 0 radical (unpaired) electrons. The molecule has 1 amide bonds. The summed E-state index contributed by atoms with van der Waals surface area (Å²) in [5.41, 5.74) is 3.00. The molecule has 0 aliphatic carbocycles. The Labute approximate surface area is 225 Å². The monoisotopic (exact) mass is 530 g/mol. The molecule has 10 nitrogen and oxygen atoms in total. The number of methoxy groups -OCH3 is 1. The van der Waals surface area contributed by atoms with Gasteiger partial charge in [-0.1, -0.05) is 18.2 Å². The van der Waals surface area contributed by atoms with Gasteiger partial charge in [0, 0.05) is 55.2 Å². The predicted molar refractivity (Wildman–Crippen MR) is 150 cm³/mol. The number of ether oxygens (including phenoxy) is 1. The predicted octanol–water partition coefficient (Wildman–Crippen LogP) is 4.37. The molecule has 1 aromatic carbocycles. The van der Waals surface area contributed by atoms with E-state index in [-0.39, 0.29) is 5.91 Å². The van der Waals surface area contributed by atoms with Gasteiger partial charge >= 0.3 is 0 Å². The molecule has 194 valence electrons. The maximum absolute atomic E-state index is 11.8. The Morgan fingerprint density at radius 1 is 1.11 bits per heavy atom. The average Bonchev–Trinajstić information content (AvgIpc) is 2.93. The molecule has 1 saturated heterocycles. The minimum atomic E-state index is -0.318. The third-order valence-corrected chi connectivity index (χ3v) is 6.60. The zero-order chi connectivity index (χ0) is 26.6. The van der Waals surface area contributed by atoms with Gasteiger partial charge in [0.05, 0.1) is 23.3 Å². The van der Waals surface area contributed by atoms with Crippen molar-refractivity contribution < 1.29 is 9.53 Å². The Hall–Kier alpha value is -4.28. The number of carbonyl (C=O) groups is 1. The van der Waals surface area contributed by atoms with Crippen LogP contribution in [-0.4, -0.2) is 71.1 Å². The molecule has 0 spiro atoms. The smallest absolute Gasteiger partial charge is 0.247 e. The highest BCUT2D eigenvalue weighted by Crippen LogP contribution is 2.35. The lowest BCUT2D eigenvalue weighted by atomic mass is 10.1. The first-order chi connectivity index (χ1) is 18.4. The number of anilines is 4. The number of aromatic nitrogens is 4. The number of halogens is 1. The Bertz CT molecular complexity index is 1500. The Morgan fingerprint density at radius 3 is 2.68 bits per heavy atom. The van der Waals surface area contributed by atoms with Crippen LogP contribution >= 0.6 is 11.6 Å². The van der Waals surface area contributed by atoms with E-state index in [0.717, 1.165) is 37.4 Å². The second-order valence-corrected chi connectivity index (χ2v) is 9.23. The quantitative estimate of drug-likeness (QED) is 0.337. The summed E-state index contributed by atoms with van der Waals surface area (Å²) in [5, 5.41) is 7.23. The summed E-state index contributed by atoms with van der Waals surface area (Å²) in [7, 11) is 3.71. The molecule has 4 heterocycles. The molecule has 2 N–H and O–H groups in total. The number of benzene rings is 1. The van der Waals surface area contributed by atoms with Crippen LogP contribution in [0.2, 0.25) is 5.02 Å². The van der Waals surface area contributed by atoms with E-state index in [1.165, 1.54) is 6.08 Å². The molecular formula is C27H27ClN8O2. The van der Waals surface area contributed by atoms with E-state index in [2.05, 4.69) is 44.0 Å². The fourth-order valence-corrected chi connectivity index (χ4v) is 4.48. The van der Waals surface area contributed by atoms with Crippen molar-refractivity contribution in [1.29, 1.82) is 0 Å². The zero-order valence-corrected chi connectivity index (χ0v) is 21.9. The number of hydrogen-bond acceptors (Lipinski definition) is 9. The molecular weight excluding hydrogens is 504 g/mol. The van der Waals surface area contributed by atoms with Crippen LogP contribution in [0.1, 0.15) is 0 Å². The molecule has 3 aromatic heterocycles. The number of fused-ring (bicyclic) bond motifs is 1. The first-order valence-corrected chi connectivity index (χ1v) is 12.4. The van der Waals surface area contributed by atoms with E-state index in [4.69, 9.17) is 26.3 Å². The Kier molecular flexibility index (Phi) is 7.34. The highest BCUT2D eigenvalue weighted by atomic mass is 35.5. The summed E-state index contributed by atoms with van der Waals surface area (Å²) in [6, 6.07) is 10.9. The number of hydrogen-bond donors (Lipinski definition) is 2. The van der Waals surface area contributed by atoms with E-state index in [1.54, 1.807) is 37.7 Å². The van der Waals surface area contributed by atoms with Gasteiger partial charge < -0.3 is 25.2 Å². The summed E-state index contributed by atoms with van der Waals surface area (Å²) in [4.78, 5) is 34.7. The standard InChI is InChI=1S/C27H27ClN8O2/c1-4-23(37)31-18-9-10-29-21(15-18)24-19(28)6-5-17-16-30-27(34-25(17)24)32-20-7-8-22(33-26(20)38-3)36-13-11-35(2)12-14-36/h4-10,15-16H,1,11-14H2,2-3H3,(H,29,31,37)(H,30,32,34). The van der Waals surface area contributed by atoms with Crippen molar-refractivity contribution in [3.8, 4) is 17.1 Å². The van der Waals surface area contributed by atoms with Crippen molar-refractivity contribution in [3.05, 3.63) is 66.5 Å². The van der Waals surface area contributed by atoms with Crippen molar-refractivity contribution in [2.45, 2.75) is 0 Å². The lowest BCUT2D eigenvalue weighted by Gasteiger charge is -2.33. The number of piperazine rings is 1. The summed E-state index contributed by atoms with van der Waals surface area (Å²) in [6.07, 6.45) is 4.52. The van der Waals surface area contributed by atoms with Crippen molar-refractivity contribution in [2.24, 2.45) is 0 Å². The van der Waals surface area contributed by atoms with Gasteiger partial charge in [0.2, 0.25) is 17.7 Å². The second-order valence-electron chi connectivity index (χ2n) is 8.82. The number of likely N-dealkylation sites (N-methyl/N-ethyl adjacent to an activating group) is 1. The van der Waals surface area contributed by atoms with Crippen LogP contribution in [0.4, 0.5) is 23.1 Å². The van der Waals surface area contributed by atoms with E-state index >= 15 is 0 Å². The fraction of sp³-hybridized carbons (Fsp3) is 0.222. The molecule has 0 saturated carbocycles. The van der Waals surface area contributed by atoms with Crippen LogP contribution in [0.3, 0.4) is 0 Å². The van der Waals surface area contributed by atoms with Gasteiger partial charge in [-0.2, -0.15) is 4.98 Å². The number of nitrogens with one attached hydrogen (secondary N) is 2. The third kappa shape index (κ3) is 5.36. The first-order valence-electron chi connectivity index (χ1n) is 12.1. The second kappa shape index (κ2) is 11.0. The van der Waals surface area contributed by atoms with Gasteiger partial charge in [-0.3, -0.25) is 9.78 Å². The van der Waals surface area contributed by atoms with Gasteiger partial charge in [0.1, 0.15) is 11.5 Å². The molecule has 4 aromatic rings. The topological polar surface area (TPSA) is 108 Å². The summed E-state index contributed by atoms with van der Waals surface area (Å²) in [5.74, 6) is 1.35. The lowest BCUT2D eigenvalue weighted by Crippen LogP contribution is -2.44. The Balaban J connectivity index is 1.48. The van der Waals surface area contributed by atoms with E-state index < -0.39 is 0 Å². The van der Waals surface area contributed by atoms with Gasteiger partial charge in [-0.05, 0) is 49.5 Å². The molecule has 1 aliphatic heterocycles. The maximum atomic E-state index is 11.8. The van der Waals surface area contributed by atoms with Crippen LogP contribution < -0.4 is 20.3 Å². The van der Waals surface area contributed by atoms with Crippen LogP contribution in [0.15, 0.2) is 61.4 Å². The van der Waals surface area contributed by atoms with E-state index in [1.807, 2.05) is 18.2 Å². The van der Waals surface area contributed by atoms with Crippen LogP contribution in [0.25, 0.3) is 22.2 Å². The summed E-state index contributed by atoms with van der Waals surface area (Å²) in [6.45, 7) is 7.27. The maximum Gasteiger partial charge on any atom is 0.247 e. The van der Waals surface area contributed by atoms with Crippen LogP contribution in [0.5, 0.6) is 5.88 Å². The molecule has 11 heteroatoms. The molecule has 1 aliphatic rings. The average molecular weight is 531 g/mol. The molecule has 0 bridgehead atoms. The van der Waals surface area contributed by atoms with Crippen molar-refractivity contribution in [2.75, 3.05) is 55.9 Å². The van der Waals surface area contributed by atoms with Crippen LogP contribution in [0, 0.1) is 0 Å². The number of amides is 1. The van der Waals surface area contributed by atoms with E-state index in [9.17, 15) is 4.79 Å². The zero-order valence-electron chi connectivity index (χ0n) is 21.1. The van der Waals surface area contributed by atoms with Gasteiger partial charge in [0.25, 0.3) is 0 Å². The molecule has 5 rings (SSSR count). The number of carbonyl (C=O) groups excluding carboxylic acids is 1. The summed E-state index contributed by atoms with van der Waals surface area (Å²) >= 11 is 6.62. The summed E-state index contributed by atoms with van der Waals surface area (Å²) < 4.78 is 5.59. The minimum Gasteiger partial charge on any atom is -0.479 e. The molecule has 0 unspecified atom stereocenters. The van der Waals surface area contributed by atoms with Gasteiger partial charge in [-0.25, -0.2) is 9.97 Å². The molecule has 1 fully saturated rings. The number of nitrogens with zero attached hydrogens (tertiary/aromatic N) is 6. The molecule has 0 atom stereocenters. The van der Waals surface area contributed by atoms with Crippen molar-refractivity contribution in [3.63, 3.8) is 0 Å². The largest absolute Gasteiger partial charge is 0.479 e. The van der Waals surface area contributed by atoms with Crippen molar-refractivity contribution in [1.82, 2.24) is 24.8 Å². The van der Waals surface area contributed by atoms with Crippen molar-refractivity contribution >= 4 is 51.6 Å². The van der Waals surface area contributed by atoms with Gasteiger partial charge in [0.15, 0.2) is 0 Å². The highest BCUT2D eigenvalue weighted by Gasteiger charge is 2.18. The Morgan fingerprint density at radius 2 is 1.92 bits per heavy atom. The fourth-order valence-electron chi connectivity index (χ4n) is 4.23. The third-order valence-electron chi connectivity index (χ3n) is 6.28. The first kappa shape index (κ1) is 25.4. The lowest BCUT2D eigenvalue weighted by molar-refractivity contribution is -0.111. The van der Waals surface area contributed by atoms with E-state index in [0.29, 0.717) is 45.0 Å². The molecule has 38 heavy (non-hydrogen) atoms. The number of pyridine rings is 2. The number of rotatable bonds is 7.